The zero-order chi connectivity index (χ0) is 11.7. The lowest BCUT2D eigenvalue weighted by Gasteiger charge is -2.13. The van der Waals surface area contributed by atoms with Crippen molar-refractivity contribution in [1.29, 1.82) is 0 Å². The largest absolute Gasteiger partial charge is 0.466 e. The van der Waals surface area contributed by atoms with Crippen molar-refractivity contribution in [2.45, 2.75) is 19.9 Å². The van der Waals surface area contributed by atoms with Gasteiger partial charge >= 0.3 is 0 Å². The molecule has 84 valence electrons. The summed E-state index contributed by atoms with van der Waals surface area (Å²) >= 11 is 3.43. The van der Waals surface area contributed by atoms with E-state index in [1.54, 1.807) is 6.26 Å². The van der Waals surface area contributed by atoms with Gasteiger partial charge in [0.1, 0.15) is 5.76 Å². The van der Waals surface area contributed by atoms with Crippen LogP contribution in [0.4, 0.5) is 0 Å². The van der Waals surface area contributed by atoms with Gasteiger partial charge in [-0.25, -0.2) is 0 Å². The van der Waals surface area contributed by atoms with Crippen molar-refractivity contribution in [2.75, 3.05) is 0 Å². The first-order chi connectivity index (χ1) is 7.59. The van der Waals surface area contributed by atoms with E-state index in [9.17, 15) is 0 Å². The van der Waals surface area contributed by atoms with Crippen LogP contribution in [0.5, 0.6) is 0 Å². The topological polar surface area (TPSA) is 39.2 Å². The van der Waals surface area contributed by atoms with Crippen LogP contribution in [-0.4, -0.2) is 0 Å². The van der Waals surface area contributed by atoms with Gasteiger partial charge in [0.2, 0.25) is 0 Å². The summed E-state index contributed by atoms with van der Waals surface area (Å²) in [7, 11) is 0. The quantitative estimate of drug-likeness (QED) is 0.910. The van der Waals surface area contributed by atoms with Gasteiger partial charge in [0.05, 0.1) is 16.8 Å². The van der Waals surface area contributed by atoms with Crippen molar-refractivity contribution < 1.29 is 4.42 Å². The molecule has 1 heterocycles. The molecular weight excluding hydrogens is 266 g/mol. The molecule has 3 heteroatoms. The summed E-state index contributed by atoms with van der Waals surface area (Å²) < 4.78 is 6.31. The summed E-state index contributed by atoms with van der Waals surface area (Å²) in [5.74, 6) is 0.770. The molecule has 0 saturated heterocycles. The molecule has 0 spiro atoms. The Balaban J connectivity index is 2.41. The molecule has 0 bridgehead atoms. The van der Waals surface area contributed by atoms with E-state index in [0.717, 1.165) is 15.8 Å². The van der Waals surface area contributed by atoms with E-state index in [2.05, 4.69) is 48.0 Å². The number of hydrogen-bond donors (Lipinski definition) is 1. The van der Waals surface area contributed by atoms with Crippen LogP contribution in [0.1, 0.15) is 28.5 Å². The Morgan fingerprint density at radius 1 is 1.25 bits per heavy atom. The van der Waals surface area contributed by atoms with Crippen molar-refractivity contribution in [1.82, 2.24) is 0 Å². The minimum Gasteiger partial charge on any atom is -0.466 e. The highest BCUT2D eigenvalue weighted by molar-refractivity contribution is 9.10. The van der Waals surface area contributed by atoms with Gasteiger partial charge < -0.3 is 10.2 Å². The Labute approximate surface area is 104 Å². The molecule has 0 amide bonds. The molecule has 1 unspecified atom stereocenters. The third-order valence-corrected chi connectivity index (χ3v) is 3.34. The summed E-state index contributed by atoms with van der Waals surface area (Å²) in [6.07, 6.45) is 1.64. The van der Waals surface area contributed by atoms with Gasteiger partial charge in [-0.2, -0.15) is 0 Å². The van der Waals surface area contributed by atoms with E-state index < -0.39 is 0 Å². The van der Waals surface area contributed by atoms with Crippen molar-refractivity contribution in [2.24, 2.45) is 5.73 Å². The molecule has 2 aromatic rings. The van der Waals surface area contributed by atoms with Crippen LogP contribution in [0.2, 0.25) is 0 Å². The van der Waals surface area contributed by atoms with Crippen LogP contribution < -0.4 is 5.73 Å². The number of halogens is 1. The van der Waals surface area contributed by atoms with Gasteiger partial charge in [-0.3, -0.25) is 0 Å². The fourth-order valence-corrected chi connectivity index (χ4v) is 2.29. The molecule has 0 radical (unpaired) electrons. The molecule has 16 heavy (non-hydrogen) atoms. The van der Waals surface area contributed by atoms with Crippen LogP contribution in [0.3, 0.4) is 0 Å². The first-order valence-corrected chi connectivity index (χ1v) is 5.94. The van der Waals surface area contributed by atoms with E-state index in [1.165, 1.54) is 11.1 Å². The maximum Gasteiger partial charge on any atom is 0.139 e. The second-order valence-electron chi connectivity index (χ2n) is 3.97. The second-order valence-corrected chi connectivity index (χ2v) is 4.82. The Morgan fingerprint density at radius 3 is 2.56 bits per heavy atom. The summed E-state index contributed by atoms with van der Waals surface area (Å²) in [4.78, 5) is 0. The summed E-state index contributed by atoms with van der Waals surface area (Å²) in [5.41, 5.74) is 9.72. The van der Waals surface area contributed by atoms with Crippen LogP contribution >= 0.6 is 15.9 Å². The zero-order valence-corrected chi connectivity index (χ0v) is 10.9. The predicted octanol–water partition coefficient (Wildman–Crippen LogP) is 3.71. The third kappa shape index (κ3) is 2.06. The molecule has 2 nitrogen and oxygen atoms in total. The minimum absolute atomic E-state index is 0.218. The number of hydrogen-bond acceptors (Lipinski definition) is 2. The van der Waals surface area contributed by atoms with Crippen LogP contribution in [-0.2, 0) is 0 Å². The maximum atomic E-state index is 6.19. The van der Waals surface area contributed by atoms with E-state index >= 15 is 0 Å². The number of benzene rings is 1. The van der Waals surface area contributed by atoms with Crippen molar-refractivity contribution >= 4 is 15.9 Å². The first-order valence-electron chi connectivity index (χ1n) is 5.15. The predicted molar refractivity (Wildman–Crippen MR) is 68.4 cm³/mol. The van der Waals surface area contributed by atoms with E-state index in [4.69, 9.17) is 10.2 Å². The second kappa shape index (κ2) is 4.44. The monoisotopic (exact) mass is 279 g/mol. The Kier molecular flexibility index (Phi) is 3.17. The van der Waals surface area contributed by atoms with Crippen molar-refractivity contribution in [3.8, 4) is 0 Å². The standard InChI is InChI=1S/C13H14BrNO/c1-8-3-4-10(9(2)7-8)12(15)13-11(14)5-6-16-13/h3-7,12H,15H2,1-2H3. The maximum absolute atomic E-state index is 6.19. The van der Waals surface area contributed by atoms with Crippen LogP contribution in [0.25, 0.3) is 0 Å². The molecule has 2 rings (SSSR count). The molecule has 0 aliphatic carbocycles. The van der Waals surface area contributed by atoms with E-state index in [1.807, 2.05) is 6.07 Å². The number of rotatable bonds is 2. The van der Waals surface area contributed by atoms with Gasteiger partial charge in [-0.05, 0) is 47.0 Å². The average molecular weight is 280 g/mol. The van der Waals surface area contributed by atoms with Gasteiger partial charge in [0.25, 0.3) is 0 Å². The SMILES string of the molecule is Cc1ccc(C(N)c2occc2Br)c(C)c1. The molecule has 0 aliphatic rings. The van der Waals surface area contributed by atoms with Crippen molar-refractivity contribution in [3.63, 3.8) is 0 Å². The normalized spacial score (nSPS) is 12.8. The average Bonchev–Trinajstić information content (AvgIpc) is 2.63. The van der Waals surface area contributed by atoms with Gasteiger partial charge in [0.15, 0.2) is 0 Å². The highest BCUT2D eigenvalue weighted by Gasteiger charge is 2.17. The Bertz CT molecular complexity index is 504. The minimum atomic E-state index is -0.218. The molecule has 1 aromatic carbocycles. The fourth-order valence-electron chi connectivity index (χ4n) is 1.84. The molecule has 2 N–H and O–H groups in total. The fraction of sp³-hybridized carbons (Fsp3) is 0.231. The van der Waals surface area contributed by atoms with E-state index in [-0.39, 0.29) is 6.04 Å². The summed E-state index contributed by atoms with van der Waals surface area (Å²) in [6.45, 7) is 4.14. The lowest BCUT2D eigenvalue weighted by molar-refractivity contribution is 0.487. The third-order valence-electron chi connectivity index (χ3n) is 2.69. The zero-order valence-electron chi connectivity index (χ0n) is 9.33. The molecule has 1 aromatic heterocycles. The highest BCUT2D eigenvalue weighted by Crippen LogP contribution is 2.29. The number of nitrogens with two attached hydrogens (primary N) is 1. The molecule has 0 fully saturated rings. The van der Waals surface area contributed by atoms with Crippen molar-refractivity contribution in [3.05, 3.63) is 57.5 Å². The summed E-state index contributed by atoms with van der Waals surface area (Å²) in [5, 5.41) is 0. The number of aryl methyl sites for hydroxylation is 2. The highest BCUT2D eigenvalue weighted by atomic mass is 79.9. The Morgan fingerprint density at radius 2 is 2.00 bits per heavy atom. The lowest BCUT2D eigenvalue weighted by atomic mass is 9.98. The van der Waals surface area contributed by atoms with Gasteiger partial charge in [-0.1, -0.05) is 23.8 Å². The molecule has 0 aliphatic heterocycles. The smallest absolute Gasteiger partial charge is 0.139 e. The first kappa shape index (κ1) is 11.4. The van der Waals surface area contributed by atoms with E-state index in [0.29, 0.717) is 0 Å². The lowest BCUT2D eigenvalue weighted by Crippen LogP contribution is -2.13. The Hall–Kier alpha value is -1.06. The number of furan rings is 1. The molecule has 0 saturated carbocycles. The summed E-state index contributed by atoms with van der Waals surface area (Å²) in [6, 6.07) is 7.90. The van der Waals surface area contributed by atoms with Crippen LogP contribution in [0.15, 0.2) is 39.4 Å². The molecule has 1 atom stereocenters. The van der Waals surface area contributed by atoms with Gasteiger partial charge in [-0.15, -0.1) is 0 Å². The van der Waals surface area contributed by atoms with Crippen LogP contribution in [0, 0.1) is 13.8 Å². The van der Waals surface area contributed by atoms with Gasteiger partial charge in [0, 0.05) is 0 Å². The molecular formula is C13H14BrNO.